The topological polar surface area (TPSA) is 147 Å². The highest BCUT2D eigenvalue weighted by molar-refractivity contribution is 7.80. The minimum atomic E-state index is -1.21. The Balaban J connectivity index is 3.16. The quantitative estimate of drug-likeness (QED) is 0.235. The number of carboxylic acid groups (broad SMARTS) is 1. The van der Waals surface area contributed by atoms with Crippen molar-refractivity contribution in [3.63, 3.8) is 0 Å². The number of aliphatic carboxylic acids is 1. The van der Waals surface area contributed by atoms with Gasteiger partial charge in [-0.1, -0.05) is 0 Å². The van der Waals surface area contributed by atoms with Crippen LogP contribution in [0.3, 0.4) is 0 Å². The van der Waals surface area contributed by atoms with Crippen molar-refractivity contribution in [1.29, 1.82) is 0 Å². The fraction of sp³-hybridized carbons (Fsp3) is 0.333. The van der Waals surface area contributed by atoms with E-state index in [1.165, 1.54) is 6.07 Å². The molecule has 0 spiro atoms. The molecule has 2 atom stereocenters. The lowest BCUT2D eigenvalue weighted by Crippen LogP contribution is -2.33. The average molecular weight is 300 g/mol. The lowest BCUT2D eigenvalue weighted by Gasteiger charge is -2.13. The molecule has 110 valence electrons. The molecule has 8 heteroatoms. The van der Waals surface area contributed by atoms with Gasteiger partial charge in [-0.3, -0.25) is 9.59 Å². The van der Waals surface area contributed by atoms with Crippen molar-refractivity contribution in [2.45, 2.75) is 18.5 Å². The highest BCUT2D eigenvalue weighted by atomic mass is 32.1. The van der Waals surface area contributed by atoms with E-state index < -0.39 is 35.3 Å². The molecule has 0 saturated heterocycles. The molecule has 1 rings (SSSR count). The summed E-state index contributed by atoms with van der Waals surface area (Å²) in [6.45, 7) is 0. The van der Waals surface area contributed by atoms with Crippen LogP contribution in [0.2, 0.25) is 0 Å². The summed E-state index contributed by atoms with van der Waals surface area (Å²) in [5.74, 6) is -2.87. The van der Waals surface area contributed by atoms with E-state index >= 15 is 0 Å². The number of ketones is 1. The number of rotatable bonds is 6. The first kappa shape index (κ1) is 16.3. The minimum Gasteiger partial charge on any atom is -0.504 e. The maximum absolute atomic E-state index is 11.9. The molecule has 0 amide bonds. The standard InChI is InChI=1S/C12H16N2O5S/c13-7(12(18)19)2-5-1-6(10(16)8(14)4-20)11(17)9(15)3-5/h1,3,7-8,15,17,20H,2,4,13-14H2,(H,18,19)/t7?,8-/m1/s1. The lowest BCUT2D eigenvalue weighted by atomic mass is 9.98. The third kappa shape index (κ3) is 3.62. The number of thiol groups is 1. The molecule has 20 heavy (non-hydrogen) atoms. The van der Waals surface area contributed by atoms with Gasteiger partial charge in [-0.05, 0) is 24.1 Å². The molecule has 1 aromatic carbocycles. The fourth-order valence-corrected chi connectivity index (χ4v) is 1.77. The number of carbonyl (C=O) groups is 2. The number of carboxylic acids is 1. The first-order valence-electron chi connectivity index (χ1n) is 5.71. The van der Waals surface area contributed by atoms with Crippen molar-refractivity contribution in [1.82, 2.24) is 0 Å². The van der Waals surface area contributed by atoms with Gasteiger partial charge in [0.05, 0.1) is 11.6 Å². The molecular formula is C12H16N2O5S. The third-order valence-electron chi connectivity index (χ3n) is 2.72. The van der Waals surface area contributed by atoms with Gasteiger partial charge in [-0.25, -0.2) is 0 Å². The SMILES string of the molecule is NC(Cc1cc(O)c(O)c(C(=O)[C@H](N)CS)c1)C(=O)O. The predicted molar refractivity (Wildman–Crippen MR) is 75.2 cm³/mol. The third-order valence-corrected chi connectivity index (χ3v) is 3.11. The van der Waals surface area contributed by atoms with Gasteiger partial charge in [0.15, 0.2) is 17.3 Å². The van der Waals surface area contributed by atoms with Gasteiger partial charge in [0.25, 0.3) is 0 Å². The van der Waals surface area contributed by atoms with Gasteiger partial charge >= 0.3 is 5.97 Å². The largest absolute Gasteiger partial charge is 0.504 e. The maximum atomic E-state index is 11.9. The Kier molecular flexibility index (Phi) is 5.37. The van der Waals surface area contributed by atoms with Crippen LogP contribution < -0.4 is 11.5 Å². The minimum absolute atomic E-state index is 0.0674. The number of phenolic OH excluding ortho intramolecular Hbond substituents is 2. The van der Waals surface area contributed by atoms with Crippen LogP contribution in [-0.4, -0.2) is 44.9 Å². The molecule has 0 heterocycles. The summed E-state index contributed by atoms with van der Waals surface area (Å²) in [6.07, 6.45) is -0.0977. The van der Waals surface area contributed by atoms with Crippen LogP contribution in [0.25, 0.3) is 0 Å². The van der Waals surface area contributed by atoms with Crippen LogP contribution in [0.4, 0.5) is 0 Å². The van der Waals surface area contributed by atoms with Gasteiger partial charge in [-0.2, -0.15) is 12.6 Å². The Morgan fingerprint density at radius 2 is 1.80 bits per heavy atom. The predicted octanol–water partition coefficient (Wildman–Crippen LogP) is -0.508. The number of hydrogen-bond acceptors (Lipinski definition) is 7. The number of benzene rings is 1. The van der Waals surface area contributed by atoms with Crippen LogP contribution in [0.15, 0.2) is 12.1 Å². The molecule has 0 radical (unpaired) electrons. The van der Waals surface area contributed by atoms with Crippen LogP contribution in [0.1, 0.15) is 15.9 Å². The van der Waals surface area contributed by atoms with Crippen molar-refractivity contribution < 1.29 is 24.9 Å². The molecule has 0 aromatic heterocycles. The number of Topliss-reactive ketones (excluding diaryl/α,β-unsaturated/α-hetero) is 1. The van der Waals surface area contributed by atoms with Crippen molar-refractivity contribution in [2.24, 2.45) is 11.5 Å². The second-order valence-corrected chi connectivity index (χ2v) is 4.68. The molecule has 0 aliphatic rings. The average Bonchev–Trinajstić information content (AvgIpc) is 2.40. The maximum Gasteiger partial charge on any atom is 0.320 e. The first-order chi connectivity index (χ1) is 9.27. The molecule has 0 aliphatic carbocycles. The first-order valence-corrected chi connectivity index (χ1v) is 6.35. The Morgan fingerprint density at radius 1 is 1.20 bits per heavy atom. The number of hydrogen-bond donors (Lipinski definition) is 6. The number of nitrogens with two attached hydrogens (primary N) is 2. The zero-order chi connectivity index (χ0) is 15.4. The summed E-state index contributed by atoms with van der Waals surface area (Å²) in [4.78, 5) is 22.6. The Hall–Kier alpha value is -1.77. The Bertz CT molecular complexity index is 535. The molecule has 0 aliphatic heterocycles. The lowest BCUT2D eigenvalue weighted by molar-refractivity contribution is -0.138. The monoisotopic (exact) mass is 300 g/mol. The number of phenols is 2. The number of carbonyl (C=O) groups excluding carboxylic acids is 1. The van der Waals surface area contributed by atoms with E-state index in [2.05, 4.69) is 12.6 Å². The fourth-order valence-electron chi connectivity index (χ4n) is 1.61. The van der Waals surface area contributed by atoms with Crippen LogP contribution >= 0.6 is 12.6 Å². The van der Waals surface area contributed by atoms with Gasteiger partial charge in [-0.15, -0.1) is 0 Å². The number of aromatic hydroxyl groups is 2. The van der Waals surface area contributed by atoms with Crippen molar-refractivity contribution in [3.8, 4) is 11.5 Å². The molecule has 7 nitrogen and oxygen atoms in total. The van der Waals surface area contributed by atoms with E-state index in [0.29, 0.717) is 5.56 Å². The van der Waals surface area contributed by atoms with Crippen LogP contribution in [-0.2, 0) is 11.2 Å². The van der Waals surface area contributed by atoms with E-state index in [1.54, 1.807) is 0 Å². The molecule has 7 N–H and O–H groups in total. The summed E-state index contributed by atoms with van der Waals surface area (Å²) in [5, 5.41) is 28.0. The Labute approximate surface area is 120 Å². The van der Waals surface area contributed by atoms with Gasteiger partial charge in [0, 0.05) is 5.75 Å². The van der Waals surface area contributed by atoms with Crippen LogP contribution in [0.5, 0.6) is 11.5 Å². The van der Waals surface area contributed by atoms with Gasteiger partial charge in [0.1, 0.15) is 6.04 Å². The molecular weight excluding hydrogens is 284 g/mol. The van der Waals surface area contributed by atoms with E-state index in [9.17, 15) is 19.8 Å². The summed E-state index contributed by atoms with van der Waals surface area (Å²) in [6, 6.07) is 0.303. The molecule has 0 saturated carbocycles. The summed E-state index contributed by atoms with van der Waals surface area (Å²) < 4.78 is 0. The van der Waals surface area contributed by atoms with E-state index in [4.69, 9.17) is 16.6 Å². The van der Waals surface area contributed by atoms with E-state index in [-0.39, 0.29) is 17.7 Å². The second kappa shape index (κ2) is 6.60. The highest BCUT2D eigenvalue weighted by Gasteiger charge is 2.22. The van der Waals surface area contributed by atoms with Gasteiger partial charge < -0.3 is 26.8 Å². The molecule has 1 aromatic rings. The van der Waals surface area contributed by atoms with E-state index in [1.807, 2.05) is 0 Å². The second-order valence-electron chi connectivity index (χ2n) is 4.31. The smallest absolute Gasteiger partial charge is 0.320 e. The molecule has 0 bridgehead atoms. The highest BCUT2D eigenvalue weighted by Crippen LogP contribution is 2.31. The van der Waals surface area contributed by atoms with Crippen LogP contribution in [0, 0.1) is 0 Å². The molecule has 0 fully saturated rings. The normalized spacial score (nSPS) is 13.8. The van der Waals surface area contributed by atoms with Crippen molar-refractivity contribution >= 4 is 24.4 Å². The molecule has 1 unspecified atom stereocenters. The summed E-state index contributed by atoms with van der Waals surface area (Å²) in [5.41, 5.74) is 11.0. The van der Waals surface area contributed by atoms with E-state index in [0.717, 1.165) is 6.07 Å². The summed E-state index contributed by atoms with van der Waals surface area (Å²) in [7, 11) is 0. The van der Waals surface area contributed by atoms with Gasteiger partial charge in [0.2, 0.25) is 0 Å². The Morgan fingerprint density at radius 3 is 2.30 bits per heavy atom. The zero-order valence-electron chi connectivity index (χ0n) is 10.5. The van der Waals surface area contributed by atoms with Crippen molar-refractivity contribution in [2.75, 3.05) is 5.75 Å². The van der Waals surface area contributed by atoms with Crippen molar-refractivity contribution in [3.05, 3.63) is 23.3 Å². The summed E-state index contributed by atoms with van der Waals surface area (Å²) >= 11 is 3.89. The zero-order valence-corrected chi connectivity index (χ0v) is 11.4.